The molecule has 0 aliphatic carbocycles. The van der Waals surface area contributed by atoms with E-state index in [1.54, 1.807) is 36.6 Å². The number of rotatable bonds is 6. The maximum Gasteiger partial charge on any atom is 0.221 e. The van der Waals surface area contributed by atoms with Crippen molar-refractivity contribution in [2.24, 2.45) is 0 Å². The number of amides is 1. The molecule has 2 heterocycles. The molecule has 1 atom stereocenters. The van der Waals surface area contributed by atoms with E-state index in [9.17, 15) is 19.8 Å². The number of aliphatic hydroxyl groups is 2. The monoisotopic (exact) mass is 484 g/mol. The van der Waals surface area contributed by atoms with Crippen molar-refractivity contribution >= 4 is 57.4 Å². The summed E-state index contributed by atoms with van der Waals surface area (Å²) in [7, 11) is 0. The third-order valence-corrected chi connectivity index (χ3v) is 5.45. The first kappa shape index (κ1) is 23.3. The van der Waals surface area contributed by atoms with E-state index in [1.807, 2.05) is 0 Å². The summed E-state index contributed by atoms with van der Waals surface area (Å²) in [5.41, 5.74) is 0.791. The van der Waals surface area contributed by atoms with Crippen LogP contribution in [-0.2, 0) is 4.79 Å². The van der Waals surface area contributed by atoms with E-state index >= 15 is 0 Å². The van der Waals surface area contributed by atoms with Crippen molar-refractivity contribution in [1.29, 1.82) is 0 Å². The molecule has 4 N–H and O–H groups in total. The van der Waals surface area contributed by atoms with E-state index in [0.717, 1.165) is 0 Å². The molecular weight excluding hydrogens is 467 g/mol. The van der Waals surface area contributed by atoms with Gasteiger partial charge in [0.2, 0.25) is 5.91 Å². The predicted octanol–water partition coefficient (Wildman–Crippen LogP) is 3.23. The highest BCUT2D eigenvalue weighted by Gasteiger charge is 2.23. The van der Waals surface area contributed by atoms with Crippen molar-refractivity contribution in [3.63, 3.8) is 0 Å². The Hall–Kier alpha value is -2.36. The van der Waals surface area contributed by atoms with Gasteiger partial charge in [-0.3, -0.25) is 9.59 Å². The molecule has 0 saturated heterocycles. The molecule has 0 aliphatic rings. The van der Waals surface area contributed by atoms with Crippen LogP contribution in [0.2, 0.25) is 15.1 Å². The first-order valence-electron chi connectivity index (χ1n) is 9.23. The van der Waals surface area contributed by atoms with Crippen molar-refractivity contribution in [2.75, 3.05) is 5.32 Å². The molecule has 1 unspecified atom stereocenters. The smallest absolute Gasteiger partial charge is 0.221 e. The second-order valence-corrected chi connectivity index (χ2v) is 7.91. The van der Waals surface area contributed by atoms with Crippen LogP contribution in [0.3, 0.4) is 0 Å². The van der Waals surface area contributed by atoms with Gasteiger partial charge in [0.25, 0.3) is 0 Å². The lowest BCUT2D eigenvalue weighted by Gasteiger charge is -2.24. The maximum atomic E-state index is 12.9. The Morgan fingerprint density at radius 2 is 1.84 bits per heavy atom. The Morgan fingerprint density at radius 3 is 2.42 bits per heavy atom. The molecule has 0 aliphatic heterocycles. The highest BCUT2D eigenvalue weighted by Crippen LogP contribution is 2.35. The molecule has 164 valence electrons. The van der Waals surface area contributed by atoms with E-state index in [2.05, 4.69) is 15.6 Å². The molecule has 8 nitrogen and oxygen atoms in total. The first-order valence-corrected chi connectivity index (χ1v) is 10.4. The molecule has 1 aromatic carbocycles. The zero-order chi connectivity index (χ0) is 22.9. The molecule has 31 heavy (non-hydrogen) atoms. The summed E-state index contributed by atoms with van der Waals surface area (Å²) in [6, 6.07) is 6.35. The molecule has 3 aromatic rings. The van der Waals surface area contributed by atoms with Crippen molar-refractivity contribution in [3.8, 4) is 5.69 Å². The second-order valence-electron chi connectivity index (χ2n) is 6.69. The number of pyridine rings is 2. The van der Waals surface area contributed by atoms with Crippen LogP contribution in [0.4, 0.5) is 5.82 Å². The molecule has 0 radical (unpaired) electrons. The number of halogens is 3. The van der Waals surface area contributed by atoms with Gasteiger partial charge in [0.15, 0.2) is 17.9 Å². The lowest BCUT2D eigenvalue weighted by molar-refractivity contribution is -0.125. The third kappa shape index (κ3) is 4.63. The van der Waals surface area contributed by atoms with Gasteiger partial charge in [-0.15, -0.1) is 0 Å². The van der Waals surface area contributed by atoms with Crippen LogP contribution in [0.5, 0.6) is 0 Å². The number of benzene rings is 1. The van der Waals surface area contributed by atoms with Gasteiger partial charge in [-0.05, 0) is 19.1 Å². The van der Waals surface area contributed by atoms with E-state index in [0.29, 0.717) is 21.4 Å². The van der Waals surface area contributed by atoms with Crippen molar-refractivity contribution in [3.05, 3.63) is 61.4 Å². The van der Waals surface area contributed by atoms with Crippen LogP contribution in [0.25, 0.3) is 16.6 Å². The van der Waals surface area contributed by atoms with Gasteiger partial charge in [0.1, 0.15) is 5.82 Å². The Balaban J connectivity index is 2.30. The number of carbonyl (C=O) groups excluding carboxylic acids is 1. The van der Waals surface area contributed by atoms with Gasteiger partial charge >= 0.3 is 0 Å². The molecular formula is C20H19Cl3N4O4. The van der Waals surface area contributed by atoms with Gasteiger partial charge in [0, 0.05) is 18.2 Å². The van der Waals surface area contributed by atoms with Crippen LogP contribution < -0.4 is 16.1 Å². The molecule has 0 fully saturated rings. The number of para-hydroxylation sites is 1. The van der Waals surface area contributed by atoms with Gasteiger partial charge in [-0.1, -0.05) is 47.8 Å². The van der Waals surface area contributed by atoms with Gasteiger partial charge in [0.05, 0.1) is 37.9 Å². The van der Waals surface area contributed by atoms with Crippen LogP contribution in [0.1, 0.15) is 19.0 Å². The molecule has 2 aromatic heterocycles. The number of aliphatic hydroxyl groups excluding tert-OH is 1. The number of anilines is 1. The summed E-state index contributed by atoms with van der Waals surface area (Å²) in [5, 5.41) is 25.3. The standard InChI is InChI=1S/C20H19Cl3N4O4/c1-3-14(29)25-19(20(30)31)26-18-15-13(28)7-9(2)27(17(15)12(23)8-24-18)16-10(21)5-4-6-11(16)22/h4-8,19-20,30-31H,3H2,1-2H3,(H,24,26)(H,25,29). The lowest BCUT2D eigenvalue weighted by atomic mass is 10.1. The number of aryl methyl sites for hydroxylation is 1. The number of nitrogens with zero attached hydrogens (tertiary/aromatic N) is 2. The number of carbonyl (C=O) groups is 1. The highest BCUT2D eigenvalue weighted by molar-refractivity contribution is 6.38. The number of aromatic nitrogens is 2. The third-order valence-electron chi connectivity index (χ3n) is 4.56. The van der Waals surface area contributed by atoms with Gasteiger partial charge in [-0.25, -0.2) is 4.98 Å². The Morgan fingerprint density at radius 1 is 1.19 bits per heavy atom. The normalized spacial score (nSPS) is 12.3. The van der Waals surface area contributed by atoms with Crippen LogP contribution in [0, 0.1) is 6.92 Å². The average Bonchev–Trinajstić information content (AvgIpc) is 2.70. The Bertz CT molecular complexity index is 1190. The predicted molar refractivity (Wildman–Crippen MR) is 121 cm³/mol. The van der Waals surface area contributed by atoms with E-state index in [4.69, 9.17) is 34.8 Å². The molecule has 3 rings (SSSR count). The number of nitrogens with one attached hydrogen (secondary N) is 2. The van der Waals surface area contributed by atoms with Gasteiger partial charge in [-0.2, -0.15) is 0 Å². The molecule has 0 bridgehead atoms. The zero-order valence-corrected chi connectivity index (χ0v) is 18.8. The topological polar surface area (TPSA) is 116 Å². The largest absolute Gasteiger partial charge is 0.365 e. The average molecular weight is 486 g/mol. The Labute approximate surface area is 192 Å². The fourth-order valence-electron chi connectivity index (χ4n) is 3.14. The fourth-order valence-corrected chi connectivity index (χ4v) is 3.94. The summed E-state index contributed by atoms with van der Waals surface area (Å²) < 4.78 is 1.63. The molecule has 11 heteroatoms. The minimum atomic E-state index is -1.96. The van der Waals surface area contributed by atoms with Crippen LogP contribution in [-0.4, -0.2) is 38.1 Å². The highest BCUT2D eigenvalue weighted by atomic mass is 35.5. The van der Waals surface area contributed by atoms with E-state index in [1.165, 1.54) is 12.3 Å². The molecule has 1 amide bonds. The summed E-state index contributed by atoms with van der Waals surface area (Å²) in [4.78, 5) is 28.8. The van der Waals surface area contributed by atoms with Crippen molar-refractivity contribution in [2.45, 2.75) is 32.7 Å². The SMILES string of the molecule is CCC(=O)NC(Nc1ncc(Cl)c2c1c(=O)cc(C)n2-c1c(Cl)cccc1Cl)C(O)O. The summed E-state index contributed by atoms with van der Waals surface area (Å²) in [6.45, 7) is 3.31. The van der Waals surface area contributed by atoms with Crippen LogP contribution >= 0.6 is 34.8 Å². The fraction of sp³-hybridized carbons (Fsp3) is 0.250. The number of hydrogen-bond acceptors (Lipinski definition) is 6. The zero-order valence-electron chi connectivity index (χ0n) is 16.5. The van der Waals surface area contributed by atoms with E-state index < -0.39 is 23.8 Å². The number of hydrogen-bond donors (Lipinski definition) is 4. The maximum absolute atomic E-state index is 12.9. The van der Waals surface area contributed by atoms with Gasteiger partial charge < -0.3 is 25.4 Å². The molecule has 0 spiro atoms. The van der Waals surface area contributed by atoms with Crippen molar-refractivity contribution < 1.29 is 15.0 Å². The van der Waals surface area contributed by atoms with Crippen molar-refractivity contribution in [1.82, 2.24) is 14.9 Å². The summed E-state index contributed by atoms with van der Waals surface area (Å²) >= 11 is 19.2. The molecule has 0 saturated carbocycles. The summed E-state index contributed by atoms with van der Waals surface area (Å²) in [5.74, 6) is -0.434. The number of fused-ring (bicyclic) bond motifs is 1. The minimum Gasteiger partial charge on any atom is -0.365 e. The first-order chi connectivity index (χ1) is 14.6. The quantitative estimate of drug-likeness (QED) is 0.398. The summed E-state index contributed by atoms with van der Waals surface area (Å²) in [6.07, 6.45) is -1.86. The second kappa shape index (κ2) is 9.42. The van der Waals surface area contributed by atoms with Crippen LogP contribution in [0.15, 0.2) is 35.3 Å². The Kier molecular flexibility index (Phi) is 7.08. The minimum absolute atomic E-state index is 0.00386. The van der Waals surface area contributed by atoms with E-state index in [-0.39, 0.29) is 28.2 Å². The lowest BCUT2D eigenvalue weighted by Crippen LogP contribution is -2.48.